The second kappa shape index (κ2) is 3.32. The van der Waals surface area contributed by atoms with Gasteiger partial charge in [0.15, 0.2) is 0 Å². The van der Waals surface area contributed by atoms with Crippen molar-refractivity contribution in [3.63, 3.8) is 0 Å². The van der Waals surface area contributed by atoms with Gasteiger partial charge in [0.1, 0.15) is 0 Å². The number of halogens is 4. The second-order valence-corrected chi connectivity index (χ2v) is 6.50. The molecule has 0 saturated carbocycles. The smallest absolute Gasteiger partial charge is 0.0994 e. The van der Waals surface area contributed by atoms with Gasteiger partial charge >= 0.3 is 0 Å². The molecule has 1 aromatic heterocycles. The van der Waals surface area contributed by atoms with Crippen LogP contribution < -0.4 is 0 Å². The summed E-state index contributed by atoms with van der Waals surface area (Å²) in [5.74, 6) is 0. The van der Waals surface area contributed by atoms with Crippen molar-refractivity contribution in [1.82, 2.24) is 0 Å². The molecule has 2 rings (SSSR count). The first-order chi connectivity index (χ1) is 5.61. The molecule has 1 aromatic rings. The highest BCUT2D eigenvalue weighted by Crippen LogP contribution is 2.55. The number of fused-ring (bicyclic) bond motifs is 1. The zero-order chi connectivity index (χ0) is 8.88. The summed E-state index contributed by atoms with van der Waals surface area (Å²) in [6.45, 7) is 0. The van der Waals surface area contributed by atoms with Gasteiger partial charge in [0, 0.05) is 16.0 Å². The van der Waals surface area contributed by atoms with E-state index in [0.717, 1.165) is 26.2 Å². The predicted molar refractivity (Wildman–Crippen MR) is 59.2 cm³/mol. The van der Waals surface area contributed by atoms with Gasteiger partial charge < -0.3 is 0 Å². The quantitative estimate of drug-likeness (QED) is 0.580. The fourth-order valence-corrected chi connectivity index (χ4v) is 5.20. The normalized spacial score (nSPS) is 27.7. The summed E-state index contributed by atoms with van der Waals surface area (Å²) >= 11 is 23.0. The summed E-state index contributed by atoms with van der Waals surface area (Å²) in [5, 5.41) is 0.0145. The highest BCUT2D eigenvalue weighted by atomic mass is 79.9. The van der Waals surface area contributed by atoms with Crippen LogP contribution in [0.25, 0.3) is 0 Å². The maximum atomic E-state index is 6.09. The summed E-state index contributed by atoms with van der Waals surface area (Å²) in [5.41, 5.74) is 2.11. The minimum Gasteiger partial charge on any atom is -0.118 e. The molecule has 5 heteroatoms. The number of rotatable bonds is 0. The van der Waals surface area contributed by atoms with Crippen molar-refractivity contribution in [1.29, 1.82) is 0 Å². The maximum absolute atomic E-state index is 6.09. The van der Waals surface area contributed by atoms with Gasteiger partial charge in [-0.1, -0.05) is 39.1 Å². The molecule has 12 heavy (non-hydrogen) atoms. The lowest BCUT2D eigenvalue weighted by atomic mass is 10.2. The van der Waals surface area contributed by atoms with Crippen LogP contribution in [0.5, 0.6) is 0 Å². The van der Waals surface area contributed by atoms with Crippen molar-refractivity contribution in [2.45, 2.75) is 16.6 Å². The van der Waals surface area contributed by atoms with E-state index in [0.29, 0.717) is 0 Å². The number of hydrogen-bond acceptors (Lipinski definition) is 1. The average molecular weight is 306 g/mol. The van der Waals surface area contributed by atoms with Crippen LogP contribution in [0.15, 0.2) is 0 Å². The topological polar surface area (TPSA) is 0 Å². The van der Waals surface area contributed by atoms with Crippen LogP contribution >= 0.6 is 62.1 Å². The largest absolute Gasteiger partial charge is 0.118 e. The van der Waals surface area contributed by atoms with Crippen molar-refractivity contribution < 1.29 is 0 Å². The Kier molecular flexibility index (Phi) is 2.66. The third kappa shape index (κ3) is 1.32. The van der Waals surface area contributed by atoms with Gasteiger partial charge in [-0.05, 0) is 6.42 Å². The first-order valence-corrected chi connectivity index (χ1v) is 6.29. The van der Waals surface area contributed by atoms with E-state index in [9.17, 15) is 0 Å². The van der Waals surface area contributed by atoms with E-state index in [1.165, 1.54) is 11.3 Å². The molecule has 0 nitrogen and oxygen atoms in total. The van der Waals surface area contributed by atoms with Crippen molar-refractivity contribution in [3.8, 4) is 0 Å². The molecule has 0 radical (unpaired) electrons. The van der Waals surface area contributed by atoms with E-state index < -0.39 is 0 Å². The molecule has 0 fully saturated rings. The number of hydrogen-bond donors (Lipinski definition) is 0. The third-order valence-electron chi connectivity index (χ3n) is 1.93. The highest BCUT2D eigenvalue weighted by Gasteiger charge is 2.34. The van der Waals surface area contributed by atoms with Crippen LogP contribution in [0.1, 0.15) is 27.8 Å². The van der Waals surface area contributed by atoms with Crippen LogP contribution in [-0.4, -0.2) is 0 Å². The maximum Gasteiger partial charge on any atom is 0.0994 e. The summed E-state index contributed by atoms with van der Waals surface area (Å²) < 4.78 is 1.50. The fraction of sp³-hybridized carbons (Fsp3) is 0.429. The van der Waals surface area contributed by atoms with Crippen molar-refractivity contribution >= 4 is 62.1 Å². The summed E-state index contributed by atoms with van der Waals surface area (Å²) in [4.78, 5) is 0.270. The van der Waals surface area contributed by atoms with Crippen LogP contribution in [0.2, 0.25) is 8.67 Å². The van der Waals surface area contributed by atoms with Gasteiger partial charge in [0.25, 0.3) is 0 Å². The van der Waals surface area contributed by atoms with Crippen molar-refractivity contribution in [2.75, 3.05) is 0 Å². The molecule has 66 valence electrons. The van der Waals surface area contributed by atoms with E-state index in [1.807, 2.05) is 0 Å². The van der Waals surface area contributed by atoms with Gasteiger partial charge in [0.05, 0.1) is 14.0 Å². The Hall–Kier alpha value is 1.05. The lowest BCUT2D eigenvalue weighted by Crippen LogP contribution is -1.78. The van der Waals surface area contributed by atoms with Gasteiger partial charge in [0.2, 0.25) is 0 Å². The lowest BCUT2D eigenvalue weighted by molar-refractivity contribution is 0.874. The molecule has 1 aliphatic carbocycles. The van der Waals surface area contributed by atoms with Crippen LogP contribution in [0.3, 0.4) is 0 Å². The lowest BCUT2D eigenvalue weighted by Gasteiger charge is -1.99. The Balaban J connectivity index is 2.62. The summed E-state index contributed by atoms with van der Waals surface area (Å²) in [6, 6.07) is 0. The first-order valence-electron chi connectivity index (χ1n) is 3.37. The number of thiophene rings is 1. The highest BCUT2D eigenvalue weighted by molar-refractivity contribution is 9.09. The standard InChI is InChI=1S/C7H4BrCl3S/c8-2-1-3(9)5-4(2)6(10)12-7(5)11/h2-3H,1H2/t2-,3+/m1/s1. The Morgan fingerprint density at radius 1 is 1.25 bits per heavy atom. The summed E-state index contributed by atoms with van der Waals surface area (Å²) in [7, 11) is 0. The van der Waals surface area contributed by atoms with Gasteiger partial charge in [-0.25, -0.2) is 0 Å². The predicted octanol–water partition coefficient (Wildman–Crippen LogP) is 5.17. The zero-order valence-corrected chi connectivity index (χ0v) is 10.5. The molecule has 2 atom stereocenters. The van der Waals surface area contributed by atoms with Crippen LogP contribution in [0.4, 0.5) is 0 Å². The zero-order valence-electron chi connectivity index (χ0n) is 5.78. The van der Waals surface area contributed by atoms with Gasteiger partial charge in [-0.2, -0.15) is 0 Å². The molecule has 0 N–H and O–H groups in total. The molecular formula is C7H4BrCl3S. The van der Waals surface area contributed by atoms with Crippen LogP contribution in [0, 0.1) is 0 Å². The van der Waals surface area contributed by atoms with Crippen molar-refractivity contribution in [3.05, 3.63) is 19.8 Å². The molecule has 0 spiro atoms. The SMILES string of the molecule is Clc1sc(Cl)c2c1[C@H](Br)C[C@@H]2Cl. The molecule has 0 saturated heterocycles. The first kappa shape index (κ1) is 9.60. The minimum absolute atomic E-state index is 0.0145. The van der Waals surface area contributed by atoms with E-state index in [1.54, 1.807) is 0 Å². The third-order valence-corrected chi connectivity index (χ3v) is 4.83. The van der Waals surface area contributed by atoms with Crippen LogP contribution in [-0.2, 0) is 0 Å². The molecule has 0 amide bonds. The van der Waals surface area contributed by atoms with E-state index in [2.05, 4.69) is 15.9 Å². The van der Waals surface area contributed by atoms with E-state index in [-0.39, 0.29) is 10.2 Å². The Morgan fingerprint density at radius 2 is 1.83 bits per heavy atom. The number of alkyl halides is 2. The second-order valence-electron chi connectivity index (χ2n) is 2.65. The average Bonchev–Trinajstić information content (AvgIpc) is 2.38. The molecule has 1 aliphatic rings. The van der Waals surface area contributed by atoms with Gasteiger partial charge in [-0.15, -0.1) is 22.9 Å². The van der Waals surface area contributed by atoms with E-state index >= 15 is 0 Å². The fourth-order valence-electron chi connectivity index (χ4n) is 1.40. The van der Waals surface area contributed by atoms with Crippen molar-refractivity contribution in [2.24, 2.45) is 0 Å². The molecule has 0 unspecified atom stereocenters. The minimum atomic E-state index is 0.0145. The van der Waals surface area contributed by atoms with Gasteiger partial charge in [-0.3, -0.25) is 0 Å². The Morgan fingerprint density at radius 3 is 2.42 bits per heavy atom. The Labute approximate surface area is 97.9 Å². The molecule has 0 aromatic carbocycles. The molecule has 0 aliphatic heterocycles. The molecule has 1 heterocycles. The Bertz CT molecular complexity index is 294. The monoisotopic (exact) mass is 304 g/mol. The molecular weight excluding hydrogens is 302 g/mol. The summed E-state index contributed by atoms with van der Waals surface area (Å²) in [6.07, 6.45) is 0.874. The molecule has 0 bridgehead atoms. The van der Waals surface area contributed by atoms with E-state index in [4.69, 9.17) is 34.8 Å².